The minimum Gasteiger partial charge on any atom is -0.351 e. The van der Waals surface area contributed by atoms with Gasteiger partial charge in [0.1, 0.15) is 5.82 Å². The Bertz CT molecular complexity index is 717. The second kappa shape index (κ2) is 6.36. The molecular formula is C18H21FN4O. The maximum Gasteiger partial charge on any atom is 0.223 e. The van der Waals surface area contributed by atoms with Crippen LogP contribution in [0.1, 0.15) is 24.0 Å². The van der Waals surface area contributed by atoms with E-state index < -0.39 is 0 Å². The molecule has 1 aliphatic heterocycles. The standard InChI is InChI=1S/C18H21FN4O/c19-16-5-1-13(2-6-16)9-23-10-14(7-20-23)8-22-11-17(12-22)21-18(24)15-3-4-15/h1-2,5-7,10,15,17H,3-4,8-9,11-12H2,(H,21,24). The Morgan fingerprint density at radius 3 is 2.62 bits per heavy atom. The van der Waals surface area contributed by atoms with E-state index in [2.05, 4.69) is 15.3 Å². The first kappa shape index (κ1) is 15.3. The van der Waals surface area contributed by atoms with Crippen LogP contribution >= 0.6 is 0 Å². The Labute approximate surface area is 140 Å². The van der Waals surface area contributed by atoms with Gasteiger partial charge in [-0.3, -0.25) is 14.4 Å². The molecule has 0 unspecified atom stereocenters. The maximum atomic E-state index is 12.9. The van der Waals surface area contributed by atoms with Crippen LogP contribution < -0.4 is 5.32 Å². The number of amides is 1. The Morgan fingerprint density at radius 2 is 1.92 bits per heavy atom. The van der Waals surface area contributed by atoms with Crippen molar-refractivity contribution in [2.45, 2.75) is 32.0 Å². The van der Waals surface area contributed by atoms with Crippen molar-refractivity contribution >= 4 is 5.91 Å². The third-order valence-electron chi connectivity index (χ3n) is 4.60. The highest BCUT2D eigenvalue weighted by atomic mass is 19.1. The molecule has 1 aliphatic carbocycles. The lowest BCUT2D eigenvalue weighted by Gasteiger charge is -2.39. The third-order valence-corrected chi connectivity index (χ3v) is 4.60. The van der Waals surface area contributed by atoms with E-state index in [0.29, 0.717) is 12.6 Å². The molecule has 1 aromatic carbocycles. The summed E-state index contributed by atoms with van der Waals surface area (Å²) in [5, 5.41) is 7.48. The summed E-state index contributed by atoms with van der Waals surface area (Å²) < 4.78 is 14.8. The normalized spacial score (nSPS) is 18.4. The van der Waals surface area contributed by atoms with Crippen molar-refractivity contribution in [2.75, 3.05) is 13.1 Å². The second-order valence-electron chi connectivity index (χ2n) is 6.85. The smallest absolute Gasteiger partial charge is 0.223 e. The molecule has 2 heterocycles. The van der Waals surface area contributed by atoms with Crippen LogP contribution in [-0.4, -0.2) is 39.7 Å². The number of likely N-dealkylation sites (tertiary alicyclic amines) is 1. The molecule has 1 saturated carbocycles. The van der Waals surface area contributed by atoms with Crippen LogP contribution in [0.15, 0.2) is 36.7 Å². The Balaban J connectivity index is 1.24. The minimum atomic E-state index is -0.221. The number of aromatic nitrogens is 2. The molecule has 5 nitrogen and oxygen atoms in total. The van der Waals surface area contributed by atoms with E-state index in [4.69, 9.17) is 0 Å². The van der Waals surface area contributed by atoms with Gasteiger partial charge in [0.15, 0.2) is 0 Å². The van der Waals surface area contributed by atoms with Crippen LogP contribution in [-0.2, 0) is 17.9 Å². The lowest BCUT2D eigenvalue weighted by molar-refractivity contribution is -0.124. The van der Waals surface area contributed by atoms with Gasteiger partial charge in [-0.15, -0.1) is 0 Å². The van der Waals surface area contributed by atoms with E-state index in [1.807, 2.05) is 17.1 Å². The van der Waals surface area contributed by atoms with Gasteiger partial charge in [-0.1, -0.05) is 12.1 Å². The van der Waals surface area contributed by atoms with Crippen LogP contribution in [0, 0.1) is 11.7 Å². The number of benzene rings is 1. The molecule has 4 rings (SSSR count). The summed E-state index contributed by atoms with van der Waals surface area (Å²) in [5.74, 6) is 0.288. The van der Waals surface area contributed by atoms with E-state index in [-0.39, 0.29) is 17.6 Å². The third kappa shape index (κ3) is 3.64. The average Bonchev–Trinajstić information content (AvgIpc) is 3.29. The van der Waals surface area contributed by atoms with E-state index in [0.717, 1.165) is 43.6 Å². The summed E-state index contributed by atoms with van der Waals surface area (Å²) in [7, 11) is 0. The molecule has 1 aromatic heterocycles. The van der Waals surface area contributed by atoms with Crippen molar-refractivity contribution in [2.24, 2.45) is 5.92 Å². The quantitative estimate of drug-likeness (QED) is 0.879. The van der Waals surface area contributed by atoms with Gasteiger partial charge in [0.05, 0.1) is 18.8 Å². The fraction of sp³-hybridized carbons (Fsp3) is 0.444. The van der Waals surface area contributed by atoms with Gasteiger partial charge in [-0.25, -0.2) is 4.39 Å². The van der Waals surface area contributed by atoms with Gasteiger partial charge in [0, 0.05) is 37.3 Å². The zero-order valence-electron chi connectivity index (χ0n) is 13.5. The predicted molar refractivity (Wildman–Crippen MR) is 87.7 cm³/mol. The number of hydrogen-bond acceptors (Lipinski definition) is 3. The summed E-state index contributed by atoms with van der Waals surface area (Å²) in [6.45, 7) is 3.29. The van der Waals surface area contributed by atoms with Crippen LogP contribution in [0.5, 0.6) is 0 Å². The molecule has 2 fully saturated rings. The molecule has 0 atom stereocenters. The number of nitrogens with one attached hydrogen (secondary N) is 1. The van der Waals surface area contributed by atoms with Crippen molar-refractivity contribution in [1.82, 2.24) is 20.0 Å². The van der Waals surface area contributed by atoms with Crippen molar-refractivity contribution < 1.29 is 9.18 Å². The van der Waals surface area contributed by atoms with Crippen LogP contribution in [0.2, 0.25) is 0 Å². The van der Waals surface area contributed by atoms with Gasteiger partial charge in [0.2, 0.25) is 5.91 Å². The van der Waals surface area contributed by atoms with Crippen molar-refractivity contribution in [3.8, 4) is 0 Å². The molecule has 0 radical (unpaired) electrons. The molecule has 1 saturated heterocycles. The van der Waals surface area contributed by atoms with Crippen LogP contribution in [0.25, 0.3) is 0 Å². The first-order chi connectivity index (χ1) is 11.7. The summed E-state index contributed by atoms with van der Waals surface area (Å²) in [5.41, 5.74) is 2.18. The highest BCUT2D eigenvalue weighted by molar-refractivity contribution is 5.81. The topological polar surface area (TPSA) is 50.2 Å². The monoisotopic (exact) mass is 328 g/mol. The number of carbonyl (C=O) groups excluding carboxylic acids is 1. The molecule has 2 aromatic rings. The first-order valence-corrected chi connectivity index (χ1v) is 8.44. The number of nitrogens with zero attached hydrogens (tertiary/aromatic N) is 3. The van der Waals surface area contributed by atoms with Crippen molar-refractivity contribution in [3.05, 3.63) is 53.6 Å². The number of hydrogen-bond donors (Lipinski definition) is 1. The summed E-state index contributed by atoms with van der Waals surface area (Å²) in [4.78, 5) is 14.0. The van der Waals surface area contributed by atoms with E-state index in [9.17, 15) is 9.18 Å². The lowest BCUT2D eigenvalue weighted by Crippen LogP contribution is -2.58. The highest BCUT2D eigenvalue weighted by Crippen LogP contribution is 2.29. The fourth-order valence-corrected chi connectivity index (χ4v) is 3.06. The largest absolute Gasteiger partial charge is 0.351 e. The predicted octanol–water partition coefficient (Wildman–Crippen LogP) is 1.78. The minimum absolute atomic E-state index is 0.221. The molecule has 0 bridgehead atoms. The zero-order valence-corrected chi connectivity index (χ0v) is 13.5. The number of rotatable bonds is 6. The van der Waals surface area contributed by atoms with Gasteiger partial charge in [-0.05, 0) is 30.5 Å². The van der Waals surface area contributed by atoms with Gasteiger partial charge < -0.3 is 5.32 Å². The van der Waals surface area contributed by atoms with E-state index in [1.54, 1.807) is 12.1 Å². The van der Waals surface area contributed by atoms with Gasteiger partial charge in [-0.2, -0.15) is 5.10 Å². The molecule has 1 N–H and O–H groups in total. The van der Waals surface area contributed by atoms with Crippen LogP contribution in [0.3, 0.4) is 0 Å². The van der Waals surface area contributed by atoms with Gasteiger partial charge >= 0.3 is 0 Å². The molecule has 126 valence electrons. The Morgan fingerprint density at radius 1 is 1.17 bits per heavy atom. The molecule has 2 aliphatic rings. The maximum absolute atomic E-state index is 12.9. The summed E-state index contributed by atoms with van der Waals surface area (Å²) in [6, 6.07) is 6.79. The first-order valence-electron chi connectivity index (χ1n) is 8.44. The number of carbonyl (C=O) groups is 1. The average molecular weight is 328 g/mol. The highest BCUT2D eigenvalue weighted by Gasteiger charge is 2.34. The van der Waals surface area contributed by atoms with Crippen molar-refractivity contribution in [1.29, 1.82) is 0 Å². The Kier molecular flexibility index (Phi) is 4.06. The Hall–Kier alpha value is -2.21. The number of halogens is 1. The second-order valence-corrected chi connectivity index (χ2v) is 6.85. The molecule has 24 heavy (non-hydrogen) atoms. The fourth-order valence-electron chi connectivity index (χ4n) is 3.06. The van der Waals surface area contributed by atoms with E-state index >= 15 is 0 Å². The van der Waals surface area contributed by atoms with Crippen LogP contribution in [0.4, 0.5) is 4.39 Å². The SMILES string of the molecule is O=C(NC1CN(Cc2cnn(Cc3ccc(F)cc3)c2)C1)C1CC1. The molecule has 1 amide bonds. The molecule has 6 heteroatoms. The van der Waals surface area contributed by atoms with E-state index in [1.165, 1.54) is 12.1 Å². The van der Waals surface area contributed by atoms with Crippen molar-refractivity contribution in [3.63, 3.8) is 0 Å². The lowest BCUT2D eigenvalue weighted by atomic mass is 10.1. The zero-order chi connectivity index (χ0) is 16.5. The summed E-state index contributed by atoms with van der Waals surface area (Å²) in [6.07, 6.45) is 6.00. The molecule has 0 spiro atoms. The summed E-state index contributed by atoms with van der Waals surface area (Å²) >= 11 is 0. The molecular weight excluding hydrogens is 307 g/mol. The van der Waals surface area contributed by atoms with Gasteiger partial charge in [0.25, 0.3) is 0 Å².